The lowest BCUT2D eigenvalue weighted by Gasteiger charge is -2.05. The van der Waals surface area contributed by atoms with Crippen LogP contribution in [0.25, 0.3) is 0 Å². The second-order valence-corrected chi connectivity index (χ2v) is 3.17. The molecule has 0 aromatic heterocycles. The monoisotopic (exact) mass is 240 g/mol. The van der Waals surface area contributed by atoms with E-state index in [4.69, 9.17) is 4.74 Å². The third kappa shape index (κ3) is 8.28. The zero-order chi connectivity index (χ0) is 12.6. The van der Waals surface area contributed by atoms with Crippen LogP contribution >= 0.6 is 0 Å². The van der Waals surface area contributed by atoms with Crippen LogP contribution < -0.4 is 0 Å². The van der Waals surface area contributed by atoms with E-state index in [9.17, 15) is 18.0 Å². The number of hydrogen-bond donors (Lipinski definition) is 0. The van der Waals surface area contributed by atoms with Crippen LogP contribution in [0, 0.1) is 0 Å². The molecule has 6 heteroatoms. The Bertz CT molecular complexity index is 246. The maximum atomic E-state index is 11.7. The van der Waals surface area contributed by atoms with Crippen LogP contribution in [0.2, 0.25) is 0 Å². The van der Waals surface area contributed by atoms with E-state index in [2.05, 4.69) is 4.74 Å². The molecule has 0 N–H and O–H groups in total. The van der Waals surface area contributed by atoms with Gasteiger partial charge in [0.2, 0.25) is 0 Å². The number of rotatable bonds is 6. The summed E-state index contributed by atoms with van der Waals surface area (Å²) in [5.41, 5.74) is 0.373. The molecule has 0 saturated heterocycles. The largest absolute Gasteiger partial charge is 0.466 e. The highest BCUT2D eigenvalue weighted by Crippen LogP contribution is 2.20. The van der Waals surface area contributed by atoms with Gasteiger partial charge in [0.15, 0.2) is 0 Å². The van der Waals surface area contributed by atoms with Gasteiger partial charge in [-0.3, -0.25) is 0 Å². The summed E-state index contributed by atoms with van der Waals surface area (Å²) in [5, 5.41) is 0. The van der Waals surface area contributed by atoms with Crippen LogP contribution in [-0.2, 0) is 14.3 Å². The van der Waals surface area contributed by atoms with Crippen LogP contribution in [0.5, 0.6) is 0 Å². The molecule has 0 radical (unpaired) electrons. The predicted octanol–water partition coefficient (Wildman–Crippen LogP) is 2.46. The van der Waals surface area contributed by atoms with Crippen molar-refractivity contribution in [3.63, 3.8) is 0 Å². The number of carbonyl (C=O) groups is 1. The van der Waals surface area contributed by atoms with Crippen molar-refractivity contribution in [2.75, 3.05) is 20.3 Å². The van der Waals surface area contributed by atoms with Crippen molar-refractivity contribution in [3.05, 3.63) is 11.6 Å². The molecule has 3 nitrogen and oxygen atoms in total. The number of halogens is 3. The summed E-state index contributed by atoms with van der Waals surface area (Å²) >= 11 is 0. The van der Waals surface area contributed by atoms with E-state index in [0.717, 1.165) is 0 Å². The Morgan fingerprint density at radius 1 is 1.38 bits per heavy atom. The molecule has 0 unspecified atom stereocenters. The number of alkyl halides is 3. The molecule has 0 bridgehead atoms. The van der Waals surface area contributed by atoms with Gasteiger partial charge in [0.1, 0.15) is 0 Å². The highest BCUT2D eigenvalue weighted by Gasteiger charge is 2.25. The number of carbonyl (C=O) groups excluding carboxylic acids is 1. The molecule has 0 aliphatic heterocycles. The Labute approximate surface area is 92.2 Å². The van der Waals surface area contributed by atoms with Crippen molar-refractivity contribution < 1.29 is 27.4 Å². The highest BCUT2D eigenvalue weighted by atomic mass is 19.4. The average Bonchev–Trinajstić information content (AvgIpc) is 2.20. The minimum Gasteiger partial charge on any atom is -0.466 e. The summed E-state index contributed by atoms with van der Waals surface area (Å²) in [6, 6.07) is 0. The standard InChI is InChI=1S/C10H15F3O3/c1-8(9(14)15-2)4-7-16-6-3-5-10(11,12)13/h4H,3,5-7H2,1-2H3. The van der Waals surface area contributed by atoms with Crippen molar-refractivity contribution in [1.82, 2.24) is 0 Å². The summed E-state index contributed by atoms with van der Waals surface area (Å²) in [5.74, 6) is -0.473. The number of ether oxygens (including phenoxy) is 2. The quantitative estimate of drug-likeness (QED) is 0.406. The van der Waals surface area contributed by atoms with Gasteiger partial charge in [0.25, 0.3) is 0 Å². The molecule has 0 spiro atoms. The first-order valence-electron chi connectivity index (χ1n) is 4.76. The molecule has 0 amide bonds. The third-order valence-corrected chi connectivity index (χ3v) is 1.76. The Kier molecular flexibility index (Phi) is 6.80. The van der Waals surface area contributed by atoms with Gasteiger partial charge in [-0.1, -0.05) is 0 Å². The first-order chi connectivity index (χ1) is 7.37. The molecule has 16 heavy (non-hydrogen) atoms. The van der Waals surface area contributed by atoms with E-state index in [1.54, 1.807) is 6.92 Å². The van der Waals surface area contributed by atoms with E-state index >= 15 is 0 Å². The summed E-state index contributed by atoms with van der Waals surface area (Å²) in [7, 11) is 1.25. The van der Waals surface area contributed by atoms with Gasteiger partial charge in [0.05, 0.1) is 13.7 Å². The SMILES string of the molecule is COC(=O)C(C)=CCOCCCC(F)(F)F. The Morgan fingerprint density at radius 2 is 2.00 bits per heavy atom. The minimum absolute atomic E-state index is 0.0183. The fraction of sp³-hybridized carbons (Fsp3) is 0.700. The van der Waals surface area contributed by atoms with Crippen molar-refractivity contribution in [3.8, 4) is 0 Å². The predicted molar refractivity (Wildman–Crippen MR) is 51.9 cm³/mol. The Morgan fingerprint density at radius 3 is 2.50 bits per heavy atom. The van der Waals surface area contributed by atoms with Gasteiger partial charge in [-0.05, 0) is 19.4 Å². The van der Waals surface area contributed by atoms with Crippen molar-refractivity contribution in [2.24, 2.45) is 0 Å². The molecule has 0 atom stereocenters. The van der Waals surface area contributed by atoms with E-state index in [-0.39, 0.29) is 19.6 Å². The van der Waals surface area contributed by atoms with Gasteiger partial charge in [-0.25, -0.2) is 4.79 Å². The van der Waals surface area contributed by atoms with Crippen LogP contribution in [0.4, 0.5) is 13.2 Å². The lowest BCUT2D eigenvalue weighted by molar-refractivity contribution is -0.137. The van der Waals surface area contributed by atoms with E-state index < -0.39 is 18.6 Å². The molecule has 0 fully saturated rings. The summed E-state index contributed by atoms with van der Waals surface area (Å²) in [4.78, 5) is 10.9. The fourth-order valence-corrected chi connectivity index (χ4v) is 0.886. The molecule has 0 heterocycles. The second-order valence-electron chi connectivity index (χ2n) is 3.17. The first kappa shape index (κ1) is 15.0. The van der Waals surface area contributed by atoms with Gasteiger partial charge in [-0.2, -0.15) is 13.2 Å². The maximum Gasteiger partial charge on any atom is 0.389 e. The second kappa shape index (κ2) is 7.27. The molecule has 0 aromatic carbocycles. The van der Waals surface area contributed by atoms with Crippen molar-refractivity contribution >= 4 is 5.97 Å². The smallest absolute Gasteiger partial charge is 0.389 e. The van der Waals surface area contributed by atoms with E-state index in [1.807, 2.05) is 0 Å². The van der Waals surface area contributed by atoms with Crippen LogP contribution in [0.1, 0.15) is 19.8 Å². The number of esters is 1. The van der Waals surface area contributed by atoms with Crippen molar-refractivity contribution in [1.29, 1.82) is 0 Å². The molecule has 0 saturated carbocycles. The van der Waals surface area contributed by atoms with E-state index in [1.165, 1.54) is 13.2 Å². The Balaban J connectivity index is 3.57. The van der Waals surface area contributed by atoms with Crippen LogP contribution in [0.15, 0.2) is 11.6 Å². The summed E-state index contributed by atoms with van der Waals surface area (Å²) in [6.45, 7) is 1.67. The van der Waals surface area contributed by atoms with Crippen LogP contribution in [-0.4, -0.2) is 32.5 Å². The topological polar surface area (TPSA) is 35.5 Å². The van der Waals surface area contributed by atoms with Gasteiger partial charge >= 0.3 is 12.1 Å². The van der Waals surface area contributed by atoms with Gasteiger partial charge in [-0.15, -0.1) is 0 Å². The zero-order valence-electron chi connectivity index (χ0n) is 9.26. The summed E-state index contributed by atoms with van der Waals surface area (Å²) in [6.07, 6.45) is -3.60. The Hall–Kier alpha value is -1.04. The molecule has 0 aliphatic rings. The normalized spacial score (nSPS) is 12.7. The lowest BCUT2D eigenvalue weighted by Crippen LogP contribution is -2.09. The molecule has 0 rings (SSSR count). The highest BCUT2D eigenvalue weighted by molar-refractivity contribution is 5.87. The van der Waals surface area contributed by atoms with Gasteiger partial charge in [0, 0.05) is 18.6 Å². The first-order valence-corrected chi connectivity index (χ1v) is 4.76. The van der Waals surface area contributed by atoms with Crippen LogP contribution in [0.3, 0.4) is 0 Å². The maximum absolute atomic E-state index is 11.7. The number of methoxy groups -OCH3 is 1. The van der Waals surface area contributed by atoms with Crippen molar-refractivity contribution in [2.45, 2.75) is 25.9 Å². The van der Waals surface area contributed by atoms with E-state index in [0.29, 0.717) is 5.57 Å². The molecule has 0 aliphatic carbocycles. The fourth-order valence-electron chi connectivity index (χ4n) is 0.886. The number of hydrogen-bond acceptors (Lipinski definition) is 3. The molecule has 0 aromatic rings. The zero-order valence-corrected chi connectivity index (χ0v) is 9.26. The average molecular weight is 240 g/mol. The third-order valence-electron chi connectivity index (χ3n) is 1.76. The summed E-state index contributed by atoms with van der Waals surface area (Å²) < 4.78 is 44.5. The molecular weight excluding hydrogens is 225 g/mol. The lowest BCUT2D eigenvalue weighted by atomic mass is 10.3. The van der Waals surface area contributed by atoms with Gasteiger partial charge < -0.3 is 9.47 Å². The molecule has 94 valence electrons. The molecular formula is C10H15F3O3. The minimum atomic E-state index is -4.14.